The van der Waals surface area contributed by atoms with E-state index in [0.29, 0.717) is 57.0 Å². The lowest BCUT2D eigenvalue weighted by Crippen LogP contribution is -2.51. The van der Waals surface area contributed by atoms with Gasteiger partial charge in [-0.1, -0.05) is 29.8 Å². The number of urea groups is 1. The van der Waals surface area contributed by atoms with E-state index < -0.39 is 5.92 Å². The van der Waals surface area contributed by atoms with Gasteiger partial charge in [-0.3, -0.25) is 19.7 Å². The Morgan fingerprint density at radius 1 is 1.02 bits per heavy atom. The number of H-pyrrole nitrogens is 1. The molecular weight excluding hydrogens is 566 g/mol. The summed E-state index contributed by atoms with van der Waals surface area (Å²) >= 11 is 6.60. The number of aromatic amines is 1. The number of anilines is 1. The molecule has 4 aromatic rings. The Morgan fingerprint density at radius 2 is 1.81 bits per heavy atom. The largest absolute Gasteiger partial charge is 0.343 e. The second-order valence-corrected chi connectivity index (χ2v) is 12.0. The van der Waals surface area contributed by atoms with Crippen LogP contribution >= 0.6 is 11.6 Å². The Hall–Kier alpha value is -4.44. The standard InChI is InChI=1S/C32H32ClN7O3/c33-27-14-22-13-23(31(42)39(17-20-5-9-34-10-6-20)19-26(22)25-16-35-37-30(25)27)15-29(41)38-11-7-24(8-12-38)40-18-21-3-1-2-4-28(21)36-32(40)43/h1-6,9-10,14,16,23-24H,7-8,11-13,15,17-19H2,(H,35,37)(H,36,43)/t23-/m0/s1. The van der Waals surface area contributed by atoms with Crippen LogP contribution in [-0.2, 0) is 35.6 Å². The van der Waals surface area contributed by atoms with Gasteiger partial charge in [0, 0.05) is 68.7 Å². The lowest BCUT2D eigenvalue weighted by Gasteiger charge is -2.40. The maximum Gasteiger partial charge on any atom is 0.322 e. The number of likely N-dealkylation sites (tertiary alicyclic amines) is 1. The van der Waals surface area contributed by atoms with Crippen molar-refractivity contribution in [1.29, 1.82) is 0 Å². The number of carbonyl (C=O) groups excluding carboxylic acids is 3. The van der Waals surface area contributed by atoms with Crippen LogP contribution in [-0.4, -0.2) is 66.9 Å². The molecule has 0 radical (unpaired) electrons. The quantitative estimate of drug-likeness (QED) is 0.345. The molecule has 2 aromatic heterocycles. The van der Waals surface area contributed by atoms with Gasteiger partial charge in [0.2, 0.25) is 11.8 Å². The predicted octanol–water partition coefficient (Wildman–Crippen LogP) is 4.74. The summed E-state index contributed by atoms with van der Waals surface area (Å²) in [6.45, 7) is 2.49. The third-order valence-corrected chi connectivity index (χ3v) is 9.33. The number of benzene rings is 2. The predicted molar refractivity (Wildman–Crippen MR) is 162 cm³/mol. The molecule has 2 N–H and O–H groups in total. The number of amides is 4. The van der Waals surface area contributed by atoms with E-state index in [1.54, 1.807) is 18.6 Å². The van der Waals surface area contributed by atoms with Gasteiger partial charge < -0.3 is 20.0 Å². The zero-order valence-electron chi connectivity index (χ0n) is 23.6. The van der Waals surface area contributed by atoms with E-state index in [1.165, 1.54) is 0 Å². The summed E-state index contributed by atoms with van der Waals surface area (Å²) in [6, 6.07) is 13.5. The van der Waals surface area contributed by atoms with E-state index in [1.807, 2.05) is 57.2 Å². The van der Waals surface area contributed by atoms with Crippen LogP contribution in [0, 0.1) is 5.92 Å². The number of piperidine rings is 1. The molecule has 0 unspecified atom stereocenters. The average molecular weight is 598 g/mol. The normalized spacial score (nSPS) is 19.2. The van der Waals surface area contributed by atoms with Gasteiger partial charge in [0.1, 0.15) is 0 Å². The first-order valence-electron chi connectivity index (χ1n) is 14.7. The fraction of sp³-hybridized carbons (Fsp3) is 0.344. The third kappa shape index (κ3) is 5.31. The SMILES string of the molecule is O=C(C[C@@H]1Cc2cc(Cl)c3[nH]ncc3c2CN(Cc2ccncc2)C1=O)N1CCC(N2Cc3ccccc3NC2=O)CC1. The number of hydrogen-bond donors (Lipinski definition) is 2. The Bertz CT molecular complexity index is 1700. The van der Waals surface area contributed by atoms with Crippen LogP contribution in [0.4, 0.5) is 10.5 Å². The van der Waals surface area contributed by atoms with Crippen molar-refractivity contribution >= 4 is 46.0 Å². The molecule has 0 bridgehead atoms. The molecule has 3 aliphatic rings. The Balaban J connectivity index is 1.07. The molecule has 11 heteroatoms. The van der Waals surface area contributed by atoms with Gasteiger partial charge in [-0.15, -0.1) is 0 Å². The van der Waals surface area contributed by atoms with Gasteiger partial charge >= 0.3 is 6.03 Å². The van der Waals surface area contributed by atoms with Gasteiger partial charge in [-0.25, -0.2) is 4.79 Å². The summed E-state index contributed by atoms with van der Waals surface area (Å²) in [6.07, 6.45) is 7.14. The third-order valence-electron chi connectivity index (χ3n) is 9.03. The van der Waals surface area contributed by atoms with Crippen LogP contribution in [0.25, 0.3) is 10.9 Å². The Morgan fingerprint density at radius 3 is 2.63 bits per heavy atom. The van der Waals surface area contributed by atoms with Crippen LogP contribution in [0.3, 0.4) is 0 Å². The second kappa shape index (κ2) is 11.3. The Labute approximate surface area is 254 Å². The first kappa shape index (κ1) is 27.4. The second-order valence-electron chi connectivity index (χ2n) is 11.6. The topological polar surface area (TPSA) is 115 Å². The summed E-state index contributed by atoms with van der Waals surface area (Å²) in [5, 5.41) is 11.6. The number of para-hydroxylation sites is 1. The van der Waals surface area contributed by atoms with E-state index in [4.69, 9.17) is 11.6 Å². The molecule has 3 aliphatic heterocycles. The summed E-state index contributed by atoms with van der Waals surface area (Å²) < 4.78 is 0. The van der Waals surface area contributed by atoms with Crippen LogP contribution < -0.4 is 5.32 Å². The fourth-order valence-electron chi connectivity index (χ4n) is 6.72. The van der Waals surface area contributed by atoms with Gasteiger partial charge in [-0.2, -0.15) is 5.10 Å². The van der Waals surface area contributed by atoms with Crippen LogP contribution in [0.15, 0.2) is 61.1 Å². The van der Waals surface area contributed by atoms with E-state index >= 15 is 0 Å². The number of pyridine rings is 1. The number of nitrogens with zero attached hydrogens (tertiary/aromatic N) is 5. The molecule has 1 fully saturated rings. The van der Waals surface area contributed by atoms with Crippen molar-refractivity contribution in [1.82, 2.24) is 29.9 Å². The average Bonchev–Trinajstić information content (AvgIpc) is 3.49. The number of nitrogens with one attached hydrogen (secondary N) is 2. The summed E-state index contributed by atoms with van der Waals surface area (Å²) in [7, 11) is 0. The highest BCUT2D eigenvalue weighted by atomic mass is 35.5. The number of aromatic nitrogens is 3. The van der Waals surface area contributed by atoms with Crippen molar-refractivity contribution in [3.05, 3.63) is 88.3 Å². The van der Waals surface area contributed by atoms with E-state index in [9.17, 15) is 14.4 Å². The maximum atomic E-state index is 14.0. The molecule has 2 aromatic carbocycles. The highest BCUT2D eigenvalue weighted by molar-refractivity contribution is 6.35. The van der Waals surface area contributed by atoms with Crippen molar-refractivity contribution < 1.29 is 14.4 Å². The molecule has 43 heavy (non-hydrogen) atoms. The smallest absolute Gasteiger partial charge is 0.322 e. The number of rotatable bonds is 5. The first-order valence-corrected chi connectivity index (χ1v) is 15.1. The molecule has 1 atom stereocenters. The molecule has 4 amide bonds. The van der Waals surface area contributed by atoms with Gasteiger partial charge in [0.15, 0.2) is 0 Å². The van der Waals surface area contributed by atoms with E-state index in [2.05, 4.69) is 20.5 Å². The molecule has 0 saturated carbocycles. The minimum atomic E-state index is -0.516. The monoisotopic (exact) mass is 597 g/mol. The number of hydrogen-bond acceptors (Lipinski definition) is 5. The summed E-state index contributed by atoms with van der Waals surface area (Å²) in [5.41, 5.74) is 5.65. The first-order chi connectivity index (χ1) is 20.9. The molecular formula is C32H32ClN7O3. The molecule has 1 saturated heterocycles. The molecule has 0 spiro atoms. The molecule has 5 heterocycles. The van der Waals surface area contributed by atoms with Crippen LogP contribution in [0.1, 0.15) is 41.5 Å². The number of halogens is 1. The lowest BCUT2D eigenvalue weighted by molar-refractivity contribution is -0.142. The molecule has 220 valence electrons. The maximum absolute atomic E-state index is 14.0. The van der Waals surface area contributed by atoms with Crippen molar-refractivity contribution in [3.8, 4) is 0 Å². The fourth-order valence-corrected chi connectivity index (χ4v) is 6.99. The highest BCUT2D eigenvalue weighted by Crippen LogP contribution is 2.35. The summed E-state index contributed by atoms with van der Waals surface area (Å²) in [4.78, 5) is 50.2. The van der Waals surface area contributed by atoms with E-state index in [0.717, 1.165) is 38.8 Å². The number of fused-ring (bicyclic) bond motifs is 4. The molecule has 7 rings (SSSR count). The zero-order valence-corrected chi connectivity index (χ0v) is 24.4. The van der Waals surface area contributed by atoms with Gasteiger partial charge in [-0.05, 0) is 65.8 Å². The van der Waals surface area contributed by atoms with Crippen molar-refractivity contribution in [3.63, 3.8) is 0 Å². The van der Waals surface area contributed by atoms with Crippen molar-refractivity contribution in [2.75, 3.05) is 18.4 Å². The minimum Gasteiger partial charge on any atom is -0.343 e. The highest BCUT2D eigenvalue weighted by Gasteiger charge is 2.36. The van der Waals surface area contributed by atoms with Crippen molar-refractivity contribution in [2.24, 2.45) is 5.92 Å². The van der Waals surface area contributed by atoms with E-state index in [-0.39, 0.29) is 30.3 Å². The Kier molecular flexibility index (Phi) is 7.22. The van der Waals surface area contributed by atoms with Gasteiger partial charge in [0.05, 0.1) is 22.7 Å². The minimum absolute atomic E-state index is 0.0342. The van der Waals surface area contributed by atoms with Crippen molar-refractivity contribution in [2.45, 2.75) is 51.4 Å². The lowest BCUT2D eigenvalue weighted by atomic mass is 9.92. The van der Waals surface area contributed by atoms with Crippen LogP contribution in [0.5, 0.6) is 0 Å². The summed E-state index contributed by atoms with van der Waals surface area (Å²) in [5.74, 6) is -0.598. The van der Waals surface area contributed by atoms with Gasteiger partial charge in [0.25, 0.3) is 0 Å². The molecule has 0 aliphatic carbocycles. The van der Waals surface area contributed by atoms with Crippen LogP contribution in [0.2, 0.25) is 5.02 Å². The number of carbonyl (C=O) groups is 3. The molecule has 10 nitrogen and oxygen atoms in total. The zero-order chi connectivity index (χ0) is 29.5.